The zero-order chi connectivity index (χ0) is 19.3. The number of benzene rings is 1. The number of hydrogen-bond donors (Lipinski definition) is 3. The fourth-order valence-electron chi connectivity index (χ4n) is 3.35. The first-order chi connectivity index (χ1) is 13.7. The van der Waals surface area contributed by atoms with E-state index in [2.05, 4.69) is 25.4 Å². The standard InChI is InChI=1S/C20H27FN6O/c21-16-3-5-17(6-4-16)26-8-10-27(11-9-26)19-13-18(22-7-12-28)24-20(25-19)23-14-15-1-2-15/h3-6,13,15,28H,1-2,7-12,14H2,(H2,22,23,24,25). The molecule has 0 spiro atoms. The molecule has 28 heavy (non-hydrogen) atoms. The van der Waals surface area contributed by atoms with Crippen molar-refractivity contribution in [1.82, 2.24) is 9.97 Å². The largest absolute Gasteiger partial charge is 0.395 e. The minimum Gasteiger partial charge on any atom is -0.395 e. The molecule has 150 valence electrons. The van der Waals surface area contributed by atoms with Crippen molar-refractivity contribution in [2.24, 2.45) is 5.92 Å². The van der Waals surface area contributed by atoms with Gasteiger partial charge in [0.2, 0.25) is 5.95 Å². The van der Waals surface area contributed by atoms with Gasteiger partial charge >= 0.3 is 0 Å². The molecule has 1 saturated carbocycles. The normalized spacial score (nSPS) is 16.9. The minimum absolute atomic E-state index is 0.0561. The van der Waals surface area contributed by atoms with Crippen LogP contribution in [0.2, 0.25) is 0 Å². The summed E-state index contributed by atoms with van der Waals surface area (Å²) < 4.78 is 13.1. The Kier molecular flexibility index (Phi) is 5.76. The van der Waals surface area contributed by atoms with E-state index in [1.807, 2.05) is 18.2 Å². The smallest absolute Gasteiger partial charge is 0.226 e. The van der Waals surface area contributed by atoms with Crippen LogP contribution >= 0.6 is 0 Å². The SMILES string of the molecule is OCCNc1cc(N2CCN(c3ccc(F)cc3)CC2)nc(NCC2CC2)n1. The Morgan fingerprint density at radius 3 is 2.39 bits per heavy atom. The number of piperazine rings is 1. The number of rotatable bonds is 8. The highest BCUT2D eigenvalue weighted by Crippen LogP contribution is 2.29. The number of nitrogens with zero attached hydrogens (tertiary/aromatic N) is 4. The van der Waals surface area contributed by atoms with Gasteiger partial charge in [0.25, 0.3) is 0 Å². The van der Waals surface area contributed by atoms with Crippen LogP contribution in [0.5, 0.6) is 0 Å². The summed E-state index contributed by atoms with van der Waals surface area (Å²) in [6, 6.07) is 8.59. The Balaban J connectivity index is 1.43. The Hall–Kier alpha value is -2.61. The van der Waals surface area contributed by atoms with E-state index in [1.165, 1.54) is 25.0 Å². The van der Waals surface area contributed by atoms with E-state index in [0.717, 1.165) is 56.0 Å². The van der Waals surface area contributed by atoms with Gasteiger partial charge in [-0.25, -0.2) is 4.39 Å². The zero-order valence-electron chi connectivity index (χ0n) is 15.9. The maximum absolute atomic E-state index is 13.1. The van der Waals surface area contributed by atoms with Crippen molar-refractivity contribution in [3.8, 4) is 0 Å². The second-order valence-electron chi connectivity index (χ2n) is 7.36. The molecule has 0 radical (unpaired) electrons. The van der Waals surface area contributed by atoms with Crippen molar-refractivity contribution in [2.75, 3.05) is 66.3 Å². The van der Waals surface area contributed by atoms with Crippen LogP contribution in [0.1, 0.15) is 12.8 Å². The molecule has 0 amide bonds. The summed E-state index contributed by atoms with van der Waals surface area (Å²) in [6.45, 7) is 4.77. The van der Waals surface area contributed by atoms with Gasteiger partial charge in [-0.05, 0) is 43.0 Å². The molecule has 2 heterocycles. The Morgan fingerprint density at radius 2 is 1.71 bits per heavy atom. The van der Waals surface area contributed by atoms with Crippen molar-refractivity contribution in [3.05, 3.63) is 36.1 Å². The molecule has 0 bridgehead atoms. The summed E-state index contributed by atoms with van der Waals surface area (Å²) >= 11 is 0. The summed E-state index contributed by atoms with van der Waals surface area (Å²) in [5.41, 5.74) is 1.04. The third kappa shape index (κ3) is 4.81. The molecule has 1 aromatic carbocycles. The van der Waals surface area contributed by atoms with E-state index in [1.54, 1.807) is 0 Å². The van der Waals surface area contributed by atoms with Crippen LogP contribution in [-0.2, 0) is 0 Å². The lowest BCUT2D eigenvalue weighted by Crippen LogP contribution is -2.47. The number of halogens is 1. The Bertz CT molecular complexity index is 775. The molecule has 0 unspecified atom stereocenters. The van der Waals surface area contributed by atoms with Crippen LogP contribution in [0.25, 0.3) is 0 Å². The molecule has 2 aliphatic rings. The molecule has 8 heteroatoms. The predicted octanol–water partition coefficient (Wildman–Crippen LogP) is 2.17. The maximum Gasteiger partial charge on any atom is 0.226 e. The van der Waals surface area contributed by atoms with Gasteiger partial charge in [-0.1, -0.05) is 0 Å². The first-order valence-corrected chi connectivity index (χ1v) is 9.94. The van der Waals surface area contributed by atoms with Crippen LogP contribution in [0.3, 0.4) is 0 Å². The molecule has 1 saturated heterocycles. The second-order valence-corrected chi connectivity index (χ2v) is 7.36. The number of aromatic nitrogens is 2. The van der Waals surface area contributed by atoms with Gasteiger partial charge < -0.3 is 25.5 Å². The Morgan fingerprint density at radius 1 is 1.00 bits per heavy atom. The van der Waals surface area contributed by atoms with E-state index in [0.29, 0.717) is 12.5 Å². The van der Waals surface area contributed by atoms with Crippen LogP contribution in [0, 0.1) is 11.7 Å². The number of anilines is 4. The average molecular weight is 386 g/mol. The quantitative estimate of drug-likeness (QED) is 0.642. The lowest BCUT2D eigenvalue weighted by Gasteiger charge is -2.36. The van der Waals surface area contributed by atoms with Crippen LogP contribution in [0.15, 0.2) is 30.3 Å². The van der Waals surface area contributed by atoms with Gasteiger partial charge in [0.05, 0.1) is 6.61 Å². The molecule has 4 rings (SSSR count). The summed E-state index contributed by atoms with van der Waals surface area (Å²) in [6.07, 6.45) is 2.54. The molecule has 3 N–H and O–H groups in total. The van der Waals surface area contributed by atoms with Gasteiger partial charge in [0.15, 0.2) is 0 Å². The van der Waals surface area contributed by atoms with E-state index in [4.69, 9.17) is 10.1 Å². The summed E-state index contributed by atoms with van der Waals surface area (Å²) in [4.78, 5) is 13.7. The topological polar surface area (TPSA) is 76.6 Å². The number of nitrogens with one attached hydrogen (secondary N) is 2. The molecular weight excluding hydrogens is 359 g/mol. The van der Waals surface area contributed by atoms with E-state index >= 15 is 0 Å². The van der Waals surface area contributed by atoms with Gasteiger partial charge in [-0.2, -0.15) is 9.97 Å². The molecule has 7 nitrogen and oxygen atoms in total. The molecule has 1 aromatic heterocycles. The van der Waals surface area contributed by atoms with Gasteiger partial charge in [-0.15, -0.1) is 0 Å². The number of aliphatic hydroxyl groups is 1. The average Bonchev–Trinajstić information content (AvgIpc) is 3.56. The summed E-state index contributed by atoms with van der Waals surface area (Å²) in [5, 5.41) is 15.6. The lowest BCUT2D eigenvalue weighted by atomic mass is 10.2. The van der Waals surface area contributed by atoms with Crippen molar-refractivity contribution >= 4 is 23.3 Å². The first kappa shape index (κ1) is 18.7. The maximum atomic E-state index is 13.1. The molecule has 0 atom stereocenters. The zero-order valence-corrected chi connectivity index (χ0v) is 15.9. The highest BCUT2D eigenvalue weighted by molar-refractivity contribution is 5.55. The summed E-state index contributed by atoms with van der Waals surface area (Å²) in [7, 11) is 0. The first-order valence-electron chi connectivity index (χ1n) is 9.94. The van der Waals surface area contributed by atoms with E-state index in [9.17, 15) is 4.39 Å². The number of aliphatic hydroxyl groups excluding tert-OH is 1. The van der Waals surface area contributed by atoms with Gasteiger partial charge in [0, 0.05) is 51.0 Å². The molecule has 2 aromatic rings. The molecular formula is C20H27FN6O. The highest BCUT2D eigenvalue weighted by Gasteiger charge is 2.22. The molecule has 1 aliphatic heterocycles. The van der Waals surface area contributed by atoms with Crippen molar-refractivity contribution in [3.63, 3.8) is 0 Å². The third-order valence-electron chi connectivity index (χ3n) is 5.17. The monoisotopic (exact) mass is 386 g/mol. The van der Waals surface area contributed by atoms with Gasteiger partial charge in [0.1, 0.15) is 17.5 Å². The van der Waals surface area contributed by atoms with Crippen LogP contribution in [-0.4, -0.2) is 60.9 Å². The lowest BCUT2D eigenvalue weighted by molar-refractivity contribution is 0.311. The van der Waals surface area contributed by atoms with E-state index < -0.39 is 0 Å². The highest BCUT2D eigenvalue weighted by atomic mass is 19.1. The summed E-state index contributed by atoms with van der Waals surface area (Å²) in [5.74, 6) is 2.76. The second kappa shape index (κ2) is 8.60. The van der Waals surface area contributed by atoms with Crippen molar-refractivity contribution in [1.29, 1.82) is 0 Å². The number of hydrogen-bond acceptors (Lipinski definition) is 7. The fourth-order valence-corrected chi connectivity index (χ4v) is 3.35. The van der Waals surface area contributed by atoms with Crippen molar-refractivity contribution < 1.29 is 9.50 Å². The van der Waals surface area contributed by atoms with Crippen LogP contribution in [0.4, 0.5) is 27.7 Å². The van der Waals surface area contributed by atoms with Crippen LogP contribution < -0.4 is 20.4 Å². The predicted molar refractivity (Wildman–Crippen MR) is 110 cm³/mol. The molecule has 2 fully saturated rings. The Labute approximate surface area is 164 Å². The van der Waals surface area contributed by atoms with Crippen molar-refractivity contribution in [2.45, 2.75) is 12.8 Å². The molecule has 1 aliphatic carbocycles. The minimum atomic E-state index is -0.211. The fraction of sp³-hybridized carbons (Fsp3) is 0.500. The van der Waals surface area contributed by atoms with Gasteiger partial charge in [-0.3, -0.25) is 0 Å². The third-order valence-corrected chi connectivity index (χ3v) is 5.17. The van der Waals surface area contributed by atoms with E-state index in [-0.39, 0.29) is 12.4 Å².